The summed E-state index contributed by atoms with van der Waals surface area (Å²) in [6.45, 7) is -0.536. The van der Waals surface area contributed by atoms with Crippen molar-refractivity contribution in [3.63, 3.8) is 0 Å². The van der Waals surface area contributed by atoms with Crippen molar-refractivity contribution >= 4 is 5.65 Å². The zero-order chi connectivity index (χ0) is 19.7. The monoisotopic (exact) mass is 374 g/mol. The Morgan fingerprint density at radius 2 is 2.04 bits per heavy atom. The van der Waals surface area contributed by atoms with Gasteiger partial charge in [-0.05, 0) is 24.3 Å². The number of aromatic nitrogens is 5. The molecule has 0 aliphatic heterocycles. The van der Waals surface area contributed by atoms with Gasteiger partial charge in [-0.1, -0.05) is 18.1 Å². The molecule has 0 saturated carbocycles. The molecule has 136 valence electrons. The van der Waals surface area contributed by atoms with Crippen LogP contribution in [0.15, 0.2) is 48.9 Å². The molecule has 3 aromatic heterocycles. The summed E-state index contributed by atoms with van der Waals surface area (Å²) in [4.78, 5) is 8.43. The maximum atomic E-state index is 13.1. The average molecular weight is 374 g/mol. The Hall–Kier alpha value is -4.04. The molecule has 0 aliphatic rings. The highest BCUT2D eigenvalue weighted by Gasteiger charge is 2.20. The molecule has 28 heavy (non-hydrogen) atoms. The normalized spacial score (nSPS) is 10.9. The first-order chi connectivity index (χ1) is 13.6. The van der Waals surface area contributed by atoms with E-state index >= 15 is 0 Å². The largest absolute Gasteiger partial charge is 0.323 e. The van der Waals surface area contributed by atoms with Gasteiger partial charge < -0.3 is 4.57 Å². The van der Waals surface area contributed by atoms with Gasteiger partial charge in [0.05, 0.1) is 30.5 Å². The molecule has 0 unspecified atom stereocenters. The fourth-order valence-corrected chi connectivity index (χ4v) is 2.98. The van der Waals surface area contributed by atoms with E-state index in [1.807, 2.05) is 6.07 Å². The lowest BCUT2D eigenvalue weighted by Crippen LogP contribution is -2.08. The molecule has 1 aromatic carbocycles. The van der Waals surface area contributed by atoms with Gasteiger partial charge >= 0.3 is 0 Å². The van der Waals surface area contributed by atoms with E-state index in [-0.39, 0.29) is 5.69 Å². The zero-order valence-corrected chi connectivity index (χ0v) is 14.4. The molecular formula is C20H12F2N6. The van der Waals surface area contributed by atoms with Crippen LogP contribution in [0.3, 0.4) is 0 Å². The van der Waals surface area contributed by atoms with E-state index in [9.17, 15) is 14.0 Å². The molecule has 6 nitrogen and oxygen atoms in total. The summed E-state index contributed by atoms with van der Waals surface area (Å²) in [5, 5.41) is 13.7. The van der Waals surface area contributed by atoms with Gasteiger partial charge in [0, 0.05) is 11.1 Å². The topological polar surface area (TPSA) is 71.8 Å². The van der Waals surface area contributed by atoms with Gasteiger partial charge in [0.15, 0.2) is 11.3 Å². The number of hydrogen-bond donors (Lipinski definition) is 0. The number of nitriles is 1. The van der Waals surface area contributed by atoms with Gasteiger partial charge in [0.1, 0.15) is 11.8 Å². The molecule has 0 atom stereocenters. The van der Waals surface area contributed by atoms with Crippen LogP contribution in [-0.4, -0.2) is 30.6 Å². The lowest BCUT2D eigenvalue weighted by Gasteiger charge is -2.10. The lowest BCUT2D eigenvalue weighted by molar-refractivity contribution is 0.127. The molecule has 0 aliphatic carbocycles. The Kier molecular flexibility index (Phi) is 4.30. The number of halogens is 2. The molecule has 4 rings (SSSR count). The summed E-state index contributed by atoms with van der Waals surface area (Å²) in [5.74, 6) is 2.55. The Morgan fingerprint density at radius 3 is 2.79 bits per heavy atom. The van der Waals surface area contributed by atoms with Crippen LogP contribution in [-0.2, 0) is 6.54 Å². The maximum Gasteiger partial charge on any atom is 0.256 e. The molecule has 4 aromatic rings. The van der Waals surface area contributed by atoms with Crippen molar-refractivity contribution in [2.45, 2.75) is 13.0 Å². The standard InChI is InChI=1S/C20H12F2N6/c1-2-13-4-3-5-14(8-13)19-20(27(12-25-19)11-17(21)22)16-6-7-18-24-10-15(9-23)28(18)26-16/h1,3-8,10,12,17H,11H2. The number of hydrogen-bond acceptors (Lipinski definition) is 4. The van der Waals surface area contributed by atoms with Crippen LogP contribution < -0.4 is 0 Å². The number of nitrogens with zero attached hydrogens (tertiary/aromatic N) is 6. The van der Waals surface area contributed by atoms with Crippen LogP contribution in [0.25, 0.3) is 28.3 Å². The fourth-order valence-electron chi connectivity index (χ4n) is 2.98. The van der Waals surface area contributed by atoms with Gasteiger partial charge in [0.25, 0.3) is 6.43 Å². The Labute approximate surface area is 158 Å². The van der Waals surface area contributed by atoms with Crippen LogP contribution >= 0.6 is 0 Å². The van der Waals surface area contributed by atoms with Crippen molar-refractivity contribution in [2.24, 2.45) is 0 Å². The van der Waals surface area contributed by atoms with Gasteiger partial charge in [-0.25, -0.2) is 23.3 Å². The van der Waals surface area contributed by atoms with E-state index < -0.39 is 13.0 Å². The van der Waals surface area contributed by atoms with E-state index in [1.165, 1.54) is 21.6 Å². The Balaban J connectivity index is 1.95. The molecule has 0 saturated heterocycles. The predicted molar refractivity (Wildman–Crippen MR) is 98.3 cm³/mol. The molecule has 8 heteroatoms. The van der Waals surface area contributed by atoms with Gasteiger partial charge in [-0.15, -0.1) is 6.42 Å². The second kappa shape index (κ2) is 6.93. The van der Waals surface area contributed by atoms with Crippen molar-refractivity contribution in [1.29, 1.82) is 5.26 Å². The molecule has 0 fully saturated rings. The highest BCUT2D eigenvalue weighted by molar-refractivity contribution is 5.77. The summed E-state index contributed by atoms with van der Waals surface area (Å²) in [6, 6.07) is 12.4. The second-order valence-corrected chi connectivity index (χ2v) is 5.95. The van der Waals surface area contributed by atoms with Gasteiger partial charge in [-0.2, -0.15) is 10.4 Å². The number of terminal acetylenes is 1. The molecule has 0 radical (unpaired) electrons. The Morgan fingerprint density at radius 1 is 1.18 bits per heavy atom. The molecule has 0 amide bonds. The zero-order valence-electron chi connectivity index (χ0n) is 14.4. The van der Waals surface area contributed by atoms with Crippen molar-refractivity contribution in [2.75, 3.05) is 0 Å². The third kappa shape index (κ3) is 2.97. The van der Waals surface area contributed by atoms with Crippen LogP contribution in [0.2, 0.25) is 0 Å². The summed E-state index contributed by atoms with van der Waals surface area (Å²) < 4.78 is 28.9. The number of imidazole rings is 2. The average Bonchev–Trinajstić information content (AvgIpc) is 3.30. The fraction of sp³-hybridized carbons (Fsp3) is 0.100. The SMILES string of the molecule is C#Cc1cccc(-c2ncn(CC(F)F)c2-c2ccc3ncc(C#N)n3n2)c1. The highest BCUT2D eigenvalue weighted by Crippen LogP contribution is 2.31. The number of alkyl halides is 2. The Bertz CT molecular complexity index is 1260. The first kappa shape index (κ1) is 17.4. The van der Waals surface area contributed by atoms with Crippen molar-refractivity contribution in [3.05, 3.63) is 60.2 Å². The second-order valence-electron chi connectivity index (χ2n) is 5.95. The van der Waals surface area contributed by atoms with Gasteiger partial charge in [0.2, 0.25) is 0 Å². The van der Waals surface area contributed by atoms with Crippen LogP contribution in [0, 0.1) is 23.7 Å². The smallest absolute Gasteiger partial charge is 0.256 e. The third-order valence-electron chi connectivity index (χ3n) is 4.19. The summed E-state index contributed by atoms with van der Waals surface area (Å²) >= 11 is 0. The summed E-state index contributed by atoms with van der Waals surface area (Å²) in [6.07, 6.45) is 5.66. The molecule has 0 N–H and O–H groups in total. The minimum absolute atomic E-state index is 0.243. The van der Waals surface area contributed by atoms with Gasteiger partial charge in [-0.3, -0.25) is 0 Å². The predicted octanol–water partition coefficient (Wildman–Crippen LogP) is 3.38. The highest BCUT2D eigenvalue weighted by atomic mass is 19.3. The van der Waals surface area contributed by atoms with Crippen LogP contribution in [0.5, 0.6) is 0 Å². The minimum Gasteiger partial charge on any atom is -0.323 e. The van der Waals surface area contributed by atoms with Crippen molar-refractivity contribution in [3.8, 4) is 41.1 Å². The van der Waals surface area contributed by atoms with Crippen molar-refractivity contribution in [1.82, 2.24) is 24.1 Å². The molecule has 3 heterocycles. The van der Waals surface area contributed by atoms with E-state index in [0.29, 0.717) is 33.9 Å². The lowest BCUT2D eigenvalue weighted by atomic mass is 10.1. The molecule has 0 bridgehead atoms. The first-order valence-corrected chi connectivity index (χ1v) is 8.26. The number of benzene rings is 1. The van der Waals surface area contributed by atoms with E-state index in [4.69, 9.17) is 6.42 Å². The number of fused-ring (bicyclic) bond motifs is 1. The minimum atomic E-state index is -2.57. The molecular weight excluding hydrogens is 362 g/mol. The van der Waals surface area contributed by atoms with E-state index in [1.54, 1.807) is 36.4 Å². The molecule has 0 spiro atoms. The first-order valence-electron chi connectivity index (χ1n) is 8.26. The quantitative estimate of drug-likeness (QED) is 0.514. The van der Waals surface area contributed by atoms with E-state index in [2.05, 4.69) is 21.0 Å². The maximum absolute atomic E-state index is 13.1. The third-order valence-corrected chi connectivity index (χ3v) is 4.19. The van der Waals surface area contributed by atoms with E-state index in [0.717, 1.165) is 0 Å². The summed E-state index contributed by atoms with van der Waals surface area (Å²) in [7, 11) is 0. The van der Waals surface area contributed by atoms with Crippen molar-refractivity contribution < 1.29 is 8.78 Å². The number of rotatable bonds is 4. The van der Waals surface area contributed by atoms with Crippen LogP contribution in [0.4, 0.5) is 8.78 Å². The van der Waals surface area contributed by atoms with Crippen LogP contribution in [0.1, 0.15) is 11.3 Å². The summed E-state index contributed by atoms with van der Waals surface area (Å²) in [5.41, 5.74) is 3.34.